The minimum atomic E-state index is -3.13. The number of hydrogen-bond donors (Lipinski definition) is 2. The number of nitrogens with zero attached hydrogens (tertiary/aromatic N) is 2. The van der Waals surface area contributed by atoms with Crippen molar-refractivity contribution in [2.24, 2.45) is 4.99 Å². The number of guanidine groups is 1. The van der Waals surface area contributed by atoms with Gasteiger partial charge in [0, 0.05) is 38.2 Å². The lowest BCUT2D eigenvalue weighted by Crippen LogP contribution is -2.38. The lowest BCUT2D eigenvalue weighted by atomic mass is 10.2. The highest BCUT2D eigenvalue weighted by Gasteiger charge is 2.07. The predicted octanol–water partition coefficient (Wildman–Crippen LogP) is 2.68. The molecule has 0 saturated carbocycles. The van der Waals surface area contributed by atoms with Crippen molar-refractivity contribution in [2.75, 3.05) is 32.4 Å². The van der Waals surface area contributed by atoms with E-state index < -0.39 is 10.0 Å². The van der Waals surface area contributed by atoms with Crippen molar-refractivity contribution in [1.29, 1.82) is 0 Å². The van der Waals surface area contributed by atoms with Gasteiger partial charge in [0.2, 0.25) is 10.0 Å². The van der Waals surface area contributed by atoms with Crippen LogP contribution in [0.1, 0.15) is 25.8 Å². The van der Waals surface area contributed by atoms with Crippen molar-refractivity contribution >= 4 is 51.6 Å². The molecule has 25 heavy (non-hydrogen) atoms. The molecule has 0 bridgehead atoms. The van der Waals surface area contributed by atoms with Crippen molar-refractivity contribution in [1.82, 2.24) is 14.9 Å². The summed E-state index contributed by atoms with van der Waals surface area (Å²) in [5.41, 5.74) is 1.10. The third-order valence-electron chi connectivity index (χ3n) is 3.30. The standard InChI is InChI=1S/C16H27ClN4O2S.HI/c1-4-18-16(19-10-7-11-20-24(22,23)5-2)21(3)13-14-8-6-9-15(17)12-14;/h6,8-9,12,20H,4-5,7,10-11,13H2,1-3H3,(H,18,19);1H. The van der Waals surface area contributed by atoms with Crippen molar-refractivity contribution in [3.63, 3.8) is 0 Å². The molecule has 0 spiro atoms. The van der Waals surface area contributed by atoms with Crippen LogP contribution in [0.25, 0.3) is 0 Å². The molecular weight excluding hydrogens is 475 g/mol. The number of rotatable bonds is 9. The van der Waals surface area contributed by atoms with E-state index in [4.69, 9.17) is 11.6 Å². The molecule has 0 unspecified atom stereocenters. The molecular formula is C16H28ClIN4O2S. The Bertz CT molecular complexity index is 641. The van der Waals surface area contributed by atoms with Gasteiger partial charge in [-0.05, 0) is 38.0 Å². The Morgan fingerprint density at radius 2 is 2.04 bits per heavy atom. The Balaban J connectivity index is 0.00000576. The molecule has 0 atom stereocenters. The van der Waals surface area contributed by atoms with Gasteiger partial charge in [0.1, 0.15) is 0 Å². The van der Waals surface area contributed by atoms with Gasteiger partial charge in [0.15, 0.2) is 5.96 Å². The topological polar surface area (TPSA) is 73.8 Å². The monoisotopic (exact) mass is 502 g/mol. The highest BCUT2D eigenvalue weighted by atomic mass is 127. The number of sulfonamides is 1. The summed E-state index contributed by atoms with van der Waals surface area (Å²) in [4.78, 5) is 6.56. The van der Waals surface area contributed by atoms with Crippen LogP contribution >= 0.6 is 35.6 Å². The largest absolute Gasteiger partial charge is 0.357 e. The molecule has 2 N–H and O–H groups in total. The maximum Gasteiger partial charge on any atom is 0.211 e. The third-order valence-corrected chi connectivity index (χ3v) is 4.94. The minimum absolute atomic E-state index is 0. The van der Waals surface area contributed by atoms with E-state index in [1.54, 1.807) is 6.92 Å². The van der Waals surface area contributed by atoms with Crippen LogP contribution in [-0.2, 0) is 16.6 Å². The Kier molecular flexibility index (Phi) is 12.4. The number of nitrogens with one attached hydrogen (secondary N) is 2. The lowest BCUT2D eigenvalue weighted by molar-refractivity contribution is 0.476. The molecule has 9 heteroatoms. The maximum atomic E-state index is 11.4. The lowest BCUT2D eigenvalue weighted by Gasteiger charge is -2.22. The predicted molar refractivity (Wildman–Crippen MR) is 116 cm³/mol. The third kappa shape index (κ3) is 10.2. The number of halogens is 2. The zero-order valence-electron chi connectivity index (χ0n) is 15.0. The average Bonchev–Trinajstić information content (AvgIpc) is 2.53. The fourth-order valence-electron chi connectivity index (χ4n) is 2.05. The van der Waals surface area contributed by atoms with Crippen molar-refractivity contribution in [2.45, 2.75) is 26.8 Å². The molecule has 0 fully saturated rings. The molecule has 6 nitrogen and oxygen atoms in total. The van der Waals surface area contributed by atoms with Gasteiger partial charge in [-0.3, -0.25) is 4.99 Å². The normalized spacial score (nSPS) is 11.8. The van der Waals surface area contributed by atoms with Gasteiger partial charge < -0.3 is 10.2 Å². The first-order valence-corrected chi connectivity index (χ1v) is 10.1. The van der Waals surface area contributed by atoms with Crippen LogP contribution in [0.5, 0.6) is 0 Å². The van der Waals surface area contributed by atoms with Crippen molar-refractivity contribution in [3.05, 3.63) is 34.9 Å². The van der Waals surface area contributed by atoms with Gasteiger partial charge in [-0.25, -0.2) is 13.1 Å². The summed E-state index contributed by atoms with van der Waals surface area (Å²) in [5.74, 6) is 0.886. The highest BCUT2D eigenvalue weighted by molar-refractivity contribution is 14.0. The van der Waals surface area contributed by atoms with Crippen LogP contribution in [0, 0.1) is 0 Å². The number of benzene rings is 1. The van der Waals surface area contributed by atoms with E-state index in [2.05, 4.69) is 15.0 Å². The molecule has 0 aliphatic heterocycles. The summed E-state index contributed by atoms with van der Waals surface area (Å²) in [6.45, 7) is 6.04. The van der Waals surface area contributed by atoms with Crippen LogP contribution in [0.4, 0.5) is 0 Å². The SMILES string of the molecule is CCNC(=NCCCNS(=O)(=O)CC)N(C)Cc1cccc(Cl)c1.I. The summed E-state index contributed by atoms with van der Waals surface area (Å²) < 4.78 is 25.3. The smallest absolute Gasteiger partial charge is 0.211 e. The van der Waals surface area contributed by atoms with E-state index in [0.717, 1.165) is 18.1 Å². The molecule has 0 heterocycles. The highest BCUT2D eigenvalue weighted by Crippen LogP contribution is 2.12. The summed E-state index contributed by atoms with van der Waals surface area (Å²) in [6, 6.07) is 7.73. The zero-order chi connectivity index (χ0) is 18.0. The molecule has 0 aliphatic rings. The fourth-order valence-corrected chi connectivity index (χ4v) is 2.92. The van der Waals surface area contributed by atoms with Gasteiger partial charge in [-0.15, -0.1) is 24.0 Å². The molecule has 1 aromatic rings. The summed E-state index contributed by atoms with van der Waals surface area (Å²) in [7, 11) is -1.17. The van der Waals surface area contributed by atoms with Crippen LogP contribution in [-0.4, -0.2) is 51.7 Å². The molecule has 1 rings (SSSR count). The molecule has 0 radical (unpaired) electrons. The first-order chi connectivity index (χ1) is 11.4. The van der Waals surface area contributed by atoms with Crippen LogP contribution in [0.3, 0.4) is 0 Å². The van der Waals surface area contributed by atoms with Gasteiger partial charge in [-0.1, -0.05) is 23.7 Å². The Hall–Kier alpha value is -0.580. The molecule has 0 aromatic heterocycles. The first-order valence-electron chi connectivity index (χ1n) is 8.09. The van der Waals surface area contributed by atoms with Gasteiger partial charge in [0.05, 0.1) is 5.75 Å². The van der Waals surface area contributed by atoms with Gasteiger partial charge in [-0.2, -0.15) is 0 Å². The second-order valence-electron chi connectivity index (χ2n) is 5.37. The van der Waals surface area contributed by atoms with E-state index >= 15 is 0 Å². The Morgan fingerprint density at radius 1 is 1.32 bits per heavy atom. The van der Waals surface area contributed by atoms with Gasteiger partial charge in [0.25, 0.3) is 0 Å². The minimum Gasteiger partial charge on any atom is -0.357 e. The maximum absolute atomic E-state index is 11.4. The Morgan fingerprint density at radius 3 is 2.64 bits per heavy atom. The fraction of sp³-hybridized carbons (Fsp3) is 0.562. The molecule has 0 saturated heterocycles. The molecule has 144 valence electrons. The van der Waals surface area contributed by atoms with E-state index in [1.165, 1.54) is 0 Å². The molecule has 0 amide bonds. The second kappa shape index (κ2) is 12.7. The number of hydrogen-bond acceptors (Lipinski definition) is 3. The summed E-state index contributed by atoms with van der Waals surface area (Å²) in [5, 5.41) is 3.95. The van der Waals surface area contributed by atoms with Crippen LogP contribution < -0.4 is 10.0 Å². The molecule has 1 aromatic carbocycles. The van der Waals surface area contributed by atoms with Gasteiger partial charge >= 0.3 is 0 Å². The van der Waals surface area contributed by atoms with Crippen LogP contribution in [0.15, 0.2) is 29.3 Å². The number of aliphatic imine (C=N–C) groups is 1. The Labute approximate surface area is 173 Å². The van der Waals surface area contributed by atoms with E-state index in [9.17, 15) is 8.42 Å². The first kappa shape index (κ1) is 24.4. The van der Waals surface area contributed by atoms with Crippen molar-refractivity contribution in [3.8, 4) is 0 Å². The second-order valence-corrected chi connectivity index (χ2v) is 7.90. The molecule has 0 aliphatic carbocycles. The summed E-state index contributed by atoms with van der Waals surface area (Å²) >= 11 is 6.02. The zero-order valence-corrected chi connectivity index (χ0v) is 18.9. The average molecular weight is 503 g/mol. The van der Waals surface area contributed by atoms with E-state index in [-0.39, 0.29) is 29.7 Å². The van der Waals surface area contributed by atoms with Crippen molar-refractivity contribution < 1.29 is 8.42 Å². The summed E-state index contributed by atoms with van der Waals surface area (Å²) in [6.07, 6.45) is 0.652. The quantitative estimate of drug-likeness (QED) is 0.236. The van der Waals surface area contributed by atoms with E-state index in [1.807, 2.05) is 43.1 Å². The van der Waals surface area contributed by atoms with E-state index in [0.29, 0.717) is 31.1 Å². The van der Waals surface area contributed by atoms with Crippen LogP contribution in [0.2, 0.25) is 5.02 Å².